The van der Waals surface area contributed by atoms with E-state index in [4.69, 9.17) is 0 Å². The molecule has 6 nitrogen and oxygen atoms in total. The minimum atomic E-state index is -0.450. The van der Waals surface area contributed by atoms with E-state index in [0.29, 0.717) is 30.5 Å². The molecule has 0 fully saturated rings. The van der Waals surface area contributed by atoms with Gasteiger partial charge in [0.2, 0.25) is 5.91 Å². The number of rotatable bonds is 7. The number of benzene rings is 1. The summed E-state index contributed by atoms with van der Waals surface area (Å²) in [7, 11) is 0. The summed E-state index contributed by atoms with van der Waals surface area (Å²) in [5, 5.41) is 22.9. The lowest BCUT2D eigenvalue weighted by molar-refractivity contribution is -0.385. The minimum absolute atomic E-state index is 0.0247. The van der Waals surface area contributed by atoms with Gasteiger partial charge >= 0.3 is 0 Å². The number of carbonyl (C=O) groups is 1. The zero-order valence-corrected chi connectivity index (χ0v) is 11.8. The van der Waals surface area contributed by atoms with Gasteiger partial charge < -0.3 is 10.4 Å². The van der Waals surface area contributed by atoms with Gasteiger partial charge in [-0.2, -0.15) is 0 Å². The van der Waals surface area contributed by atoms with Crippen molar-refractivity contribution in [2.24, 2.45) is 0 Å². The van der Waals surface area contributed by atoms with Crippen LogP contribution in [0.25, 0.3) is 0 Å². The number of nitrogens with zero attached hydrogens (tertiary/aromatic N) is 1. The molecule has 0 bridgehead atoms. The molecule has 1 unspecified atom stereocenters. The molecule has 0 heterocycles. The maximum atomic E-state index is 11.8. The predicted octanol–water partition coefficient (Wildman–Crippen LogP) is 1.72. The number of carbonyl (C=O) groups excluding carboxylic acids is 1. The number of aliphatic hydroxyl groups excluding tert-OH is 1. The van der Waals surface area contributed by atoms with Crippen LogP contribution in [0, 0.1) is 17.0 Å². The zero-order chi connectivity index (χ0) is 15.1. The lowest BCUT2D eigenvalue weighted by atomic mass is 10.0. The summed E-state index contributed by atoms with van der Waals surface area (Å²) in [5.41, 5.74) is 1.19. The Kier molecular flexibility index (Phi) is 6.11. The van der Waals surface area contributed by atoms with Crippen LogP contribution in [0.2, 0.25) is 0 Å². The Labute approximate surface area is 118 Å². The average Bonchev–Trinajstić information content (AvgIpc) is 2.40. The highest BCUT2D eigenvalue weighted by molar-refractivity contribution is 5.79. The number of nitro groups is 1. The molecule has 1 atom stereocenters. The Morgan fingerprint density at radius 3 is 2.80 bits per heavy atom. The van der Waals surface area contributed by atoms with Crippen molar-refractivity contribution in [2.75, 3.05) is 6.54 Å². The van der Waals surface area contributed by atoms with E-state index in [1.165, 1.54) is 6.07 Å². The van der Waals surface area contributed by atoms with Crippen LogP contribution in [-0.4, -0.2) is 28.6 Å². The van der Waals surface area contributed by atoms with Crippen LogP contribution in [0.3, 0.4) is 0 Å². The number of hydrogen-bond acceptors (Lipinski definition) is 4. The van der Waals surface area contributed by atoms with E-state index in [1.54, 1.807) is 19.1 Å². The van der Waals surface area contributed by atoms with Gasteiger partial charge in [0, 0.05) is 18.2 Å². The van der Waals surface area contributed by atoms with Crippen LogP contribution in [0.15, 0.2) is 18.2 Å². The fraction of sp³-hybridized carbons (Fsp3) is 0.500. The fourth-order valence-corrected chi connectivity index (χ4v) is 1.88. The van der Waals surface area contributed by atoms with Crippen molar-refractivity contribution in [3.8, 4) is 0 Å². The SMILES string of the molecule is CCC(O)CCNC(=O)Cc1cccc([N+](=O)[O-])c1C. The van der Waals surface area contributed by atoms with E-state index in [9.17, 15) is 20.0 Å². The lowest BCUT2D eigenvalue weighted by Crippen LogP contribution is -2.28. The van der Waals surface area contributed by atoms with Crippen molar-refractivity contribution in [1.82, 2.24) is 5.32 Å². The van der Waals surface area contributed by atoms with Crippen molar-refractivity contribution < 1.29 is 14.8 Å². The second-order valence-electron chi connectivity index (χ2n) is 4.70. The van der Waals surface area contributed by atoms with Crippen LogP contribution in [0.1, 0.15) is 30.9 Å². The third kappa shape index (κ3) is 4.62. The Hall–Kier alpha value is -1.95. The molecule has 0 saturated heterocycles. The molecule has 2 N–H and O–H groups in total. The number of nitro benzene ring substituents is 1. The molecule has 0 aromatic heterocycles. The summed E-state index contributed by atoms with van der Waals surface area (Å²) >= 11 is 0. The predicted molar refractivity (Wildman–Crippen MR) is 75.5 cm³/mol. The van der Waals surface area contributed by atoms with Crippen molar-refractivity contribution in [3.63, 3.8) is 0 Å². The van der Waals surface area contributed by atoms with Crippen LogP contribution in [0.4, 0.5) is 5.69 Å². The molecule has 0 aliphatic carbocycles. The van der Waals surface area contributed by atoms with Crippen LogP contribution in [0.5, 0.6) is 0 Å². The molecule has 0 spiro atoms. The third-order valence-electron chi connectivity index (χ3n) is 3.24. The first-order chi connectivity index (χ1) is 9.45. The topological polar surface area (TPSA) is 92.5 Å². The Bertz CT molecular complexity index is 488. The highest BCUT2D eigenvalue weighted by Gasteiger charge is 2.15. The molecule has 6 heteroatoms. The molecule has 0 aliphatic rings. The maximum Gasteiger partial charge on any atom is 0.272 e. The van der Waals surface area contributed by atoms with Crippen LogP contribution < -0.4 is 5.32 Å². The van der Waals surface area contributed by atoms with Crippen molar-refractivity contribution >= 4 is 11.6 Å². The first-order valence-corrected chi connectivity index (χ1v) is 6.63. The van der Waals surface area contributed by atoms with Crippen LogP contribution >= 0.6 is 0 Å². The summed E-state index contributed by atoms with van der Waals surface area (Å²) in [5.74, 6) is -0.197. The van der Waals surface area contributed by atoms with Crippen molar-refractivity contribution in [1.29, 1.82) is 0 Å². The van der Waals surface area contributed by atoms with Gasteiger partial charge in [-0.15, -0.1) is 0 Å². The maximum absolute atomic E-state index is 11.8. The van der Waals surface area contributed by atoms with Gasteiger partial charge in [0.25, 0.3) is 5.69 Å². The van der Waals surface area contributed by atoms with Crippen molar-refractivity contribution in [2.45, 2.75) is 39.2 Å². The largest absolute Gasteiger partial charge is 0.393 e. The number of nitrogens with one attached hydrogen (secondary N) is 1. The molecule has 1 rings (SSSR count). The Balaban J connectivity index is 2.58. The highest BCUT2D eigenvalue weighted by Crippen LogP contribution is 2.21. The molecular formula is C14H20N2O4. The van der Waals surface area contributed by atoms with Gasteiger partial charge in [0.1, 0.15) is 0 Å². The van der Waals surface area contributed by atoms with E-state index in [2.05, 4.69) is 5.32 Å². The van der Waals surface area contributed by atoms with Gasteiger partial charge in [-0.1, -0.05) is 19.1 Å². The third-order valence-corrected chi connectivity index (χ3v) is 3.24. The first-order valence-electron chi connectivity index (χ1n) is 6.63. The quantitative estimate of drug-likeness (QED) is 0.587. The van der Waals surface area contributed by atoms with Gasteiger partial charge in [-0.25, -0.2) is 0 Å². The van der Waals surface area contributed by atoms with Gasteiger partial charge in [-0.3, -0.25) is 14.9 Å². The highest BCUT2D eigenvalue weighted by atomic mass is 16.6. The van der Waals surface area contributed by atoms with Crippen LogP contribution in [-0.2, 0) is 11.2 Å². The van der Waals surface area contributed by atoms with Crippen molar-refractivity contribution in [3.05, 3.63) is 39.4 Å². The smallest absolute Gasteiger partial charge is 0.272 e. The summed E-state index contributed by atoms with van der Waals surface area (Å²) in [6, 6.07) is 4.71. The second-order valence-corrected chi connectivity index (χ2v) is 4.70. The molecule has 1 amide bonds. The fourth-order valence-electron chi connectivity index (χ4n) is 1.88. The summed E-state index contributed by atoms with van der Waals surface area (Å²) in [6.07, 6.45) is 0.862. The molecular weight excluding hydrogens is 260 g/mol. The standard InChI is InChI=1S/C14H20N2O4/c1-3-12(17)7-8-15-14(18)9-11-5-4-6-13(10(11)2)16(19)20/h4-6,12,17H,3,7-9H2,1-2H3,(H,15,18). The molecule has 110 valence electrons. The van der Waals surface area contributed by atoms with Gasteiger partial charge in [-0.05, 0) is 25.3 Å². The second kappa shape index (κ2) is 7.59. The number of hydrogen-bond donors (Lipinski definition) is 2. The molecule has 1 aromatic carbocycles. The summed E-state index contributed by atoms with van der Waals surface area (Å²) in [4.78, 5) is 22.1. The summed E-state index contributed by atoms with van der Waals surface area (Å²) in [6.45, 7) is 3.92. The van der Waals surface area contributed by atoms with E-state index in [0.717, 1.165) is 0 Å². The van der Waals surface area contributed by atoms with E-state index >= 15 is 0 Å². The van der Waals surface area contributed by atoms with E-state index in [1.807, 2.05) is 6.92 Å². The van der Waals surface area contributed by atoms with Gasteiger partial charge in [0.15, 0.2) is 0 Å². The van der Waals surface area contributed by atoms with E-state index in [-0.39, 0.29) is 18.0 Å². The average molecular weight is 280 g/mol. The summed E-state index contributed by atoms with van der Waals surface area (Å²) < 4.78 is 0. The number of amides is 1. The molecule has 1 aromatic rings. The zero-order valence-electron chi connectivity index (χ0n) is 11.8. The minimum Gasteiger partial charge on any atom is -0.393 e. The lowest BCUT2D eigenvalue weighted by Gasteiger charge is -2.10. The van der Waals surface area contributed by atoms with Gasteiger partial charge in [0.05, 0.1) is 17.4 Å². The van der Waals surface area contributed by atoms with E-state index < -0.39 is 11.0 Å². The molecule has 20 heavy (non-hydrogen) atoms. The Morgan fingerprint density at radius 2 is 2.20 bits per heavy atom. The molecule has 0 saturated carbocycles. The normalized spacial score (nSPS) is 11.9. The number of aliphatic hydroxyl groups is 1. The monoisotopic (exact) mass is 280 g/mol. The molecule has 0 aliphatic heterocycles. The Morgan fingerprint density at radius 1 is 1.50 bits per heavy atom. The molecule has 0 radical (unpaired) electrons. The first kappa shape index (κ1) is 16.1.